The molecule has 6 heteroatoms. The standard InChI is InChI=1S/C28H24N2O4/c31-28(32-20-21-11-5-3-6-12-21)25-26(34-27(29-25)22-13-7-4-8-14-22)24-16-15-23(33-24)19-30-17-9-1-2-10-18-30/h1-18,25-26H,19-20H2. The second-order valence-corrected chi connectivity index (χ2v) is 7.92. The van der Waals surface area contributed by atoms with Gasteiger partial charge in [-0.25, -0.2) is 9.79 Å². The Bertz CT molecular complexity index is 1230. The molecule has 170 valence electrons. The number of furan rings is 1. The van der Waals surface area contributed by atoms with Gasteiger partial charge in [-0.3, -0.25) is 0 Å². The number of hydrogen-bond donors (Lipinski definition) is 0. The summed E-state index contributed by atoms with van der Waals surface area (Å²) in [6.45, 7) is 0.723. The highest BCUT2D eigenvalue weighted by molar-refractivity contribution is 5.98. The summed E-state index contributed by atoms with van der Waals surface area (Å²) >= 11 is 0. The lowest BCUT2D eigenvalue weighted by atomic mass is 10.1. The van der Waals surface area contributed by atoms with Crippen LogP contribution in [0.3, 0.4) is 0 Å². The van der Waals surface area contributed by atoms with Crippen molar-refractivity contribution in [3.63, 3.8) is 0 Å². The molecule has 0 spiro atoms. The number of hydrogen-bond acceptors (Lipinski definition) is 6. The second kappa shape index (κ2) is 10.1. The Morgan fingerprint density at radius 2 is 1.59 bits per heavy atom. The van der Waals surface area contributed by atoms with Gasteiger partial charge in [-0.15, -0.1) is 0 Å². The lowest BCUT2D eigenvalue weighted by molar-refractivity contribution is -0.148. The number of esters is 1. The van der Waals surface area contributed by atoms with Crippen LogP contribution in [0.5, 0.6) is 0 Å². The summed E-state index contributed by atoms with van der Waals surface area (Å²) in [5.41, 5.74) is 1.71. The summed E-state index contributed by atoms with van der Waals surface area (Å²) in [6.07, 6.45) is 11.1. The van der Waals surface area contributed by atoms with Crippen molar-refractivity contribution >= 4 is 11.9 Å². The minimum Gasteiger partial charge on any atom is -0.463 e. The van der Waals surface area contributed by atoms with Crippen molar-refractivity contribution in [3.05, 3.63) is 132 Å². The molecule has 3 heterocycles. The van der Waals surface area contributed by atoms with Gasteiger partial charge < -0.3 is 18.8 Å². The molecule has 2 aromatic carbocycles. The van der Waals surface area contributed by atoms with Crippen LogP contribution in [0.2, 0.25) is 0 Å². The number of carbonyl (C=O) groups excluding carboxylic acids is 1. The van der Waals surface area contributed by atoms with Crippen molar-refractivity contribution < 1.29 is 18.7 Å². The molecular formula is C28H24N2O4. The van der Waals surface area contributed by atoms with Crippen LogP contribution in [0, 0.1) is 0 Å². The summed E-state index contributed by atoms with van der Waals surface area (Å²) in [6, 6.07) is 21.9. The molecule has 2 aliphatic rings. The maximum absolute atomic E-state index is 13.1. The molecule has 5 rings (SSSR count). The third-order valence-electron chi connectivity index (χ3n) is 5.46. The van der Waals surface area contributed by atoms with E-state index in [9.17, 15) is 4.79 Å². The molecule has 0 bridgehead atoms. The van der Waals surface area contributed by atoms with Gasteiger partial charge in [0.1, 0.15) is 18.1 Å². The van der Waals surface area contributed by atoms with E-state index in [0.717, 1.165) is 16.9 Å². The van der Waals surface area contributed by atoms with Crippen molar-refractivity contribution in [3.8, 4) is 0 Å². The minimum atomic E-state index is -0.861. The summed E-state index contributed by atoms with van der Waals surface area (Å²) in [4.78, 5) is 19.7. The largest absolute Gasteiger partial charge is 0.463 e. The van der Waals surface area contributed by atoms with Gasteiger partial charge in [0.25, 0.3) is 0 Å². The van der Waals surface area contributed by atoms with E-state index < -0.39 is 18.1 Å². The summed E-state index contributed by atoms with van der Waals surface area (Å²) in [5.74, 6) is 1.23. The number of benzene rings is 2. The van der Waals surface area contributed by atoms with E-state index in [1.54, 1.807) is 0 Å². The number of carbonyl (C=O) groups is 1. The highest BCUT2D eigenvalue weighted by Gasteiger charge is 2.41. The molecule has 0 aliphatic carbocycles. The summed E-state index contributed by atoms with van der Waals surface area (Å²) in [7, 11) is 0. The first-order valence-electron chi connectivity index (χ1n) is 11.1. The van der Waals surface area contributed by atoms with Gasteiger partial charge >= 0.3 is 5.97 Å². The van der Waals surface area contributed by atoms with Crippen LogP contribution in [-0.4, -0.2) is 22.8 Å². The predicted molar refractivity (Wildman–Crippen MR) is 129 cm³/mol. The lowest BCUT2D eigenvalue weighted by Gasteiger charge is -2.16. The van der Waals surface area contributed by atoms with E-state index in [1.807, 2.05) is 114 Å². The van der Waals surface area contributed by atoms with Crippen molar-refractivity contribution in [1.29, 1.82) is 0 Å². The average Bonchev–Trinajstić information content (AvgIpc) is 3.45. The number of rotatable bonds is 7. The van der Waals surface area contributed by atoms with E-state index in [0.29, 0.717) is 18.2 Å². The highest BCUT2D eigenvalue weighted by atomic mass is 16.6. The second-order valence-electron chi connectivity index (χ2n) is 7.92. The summed E-state index contributed by atoms with van der Waals surface area (Å²) < 4.78 is 17.8. The van der Waals surface area contributed by atoms with Crippen LogP contribution < -0.4 is 0 Å². The molecule has 0 saturated carbocycles. The molecule has 0 N–H and O–H groups in total. The quantitative estimate of drug-likeness (QED) is 0.455. The van der Waals surface area contributed by atoms with Crippen molar-refractivity contribution in [2.24, 2.45) is 4.99 Å². The number of allylic oxidation sites excluding steroid dienone is 4. The molecule has 0 radical (unpaired) electrons. The van der Waals surface area contributed by atoms with Gasteiger partial charge in [0.15, 0.2) is 12.1 Å². The molecule has 1 aromatic heterocycles. The fraction of sp³-hybridized carbons (Fsp3) is 0.143. The van der Waals surface area contributed by atoms with E-state index in [4.69, 9.17) is 13.9 Å². The Morgan fingerprint density at radius 1 is 0.882 bits per heavy atom. The van der Waals surface area contributed by atoms with Crippen molar-refractivity contribution in [2.45, 2.75) is 25.3 Å². The Balaban J connectivity index is 1.35. The fourth-order valence-electron chi connectivity index (χ4n) is 3.75. The Morgan fingerprint density at radius 3 is 2.32 bits per heavy atom. The van der Waals surface area contributed by atoms with Crippen molar-refractivity contribution in [1.82, 2.24) is 4.90 Å². The fourth-order valence-corrected chi connectivity index (χ4v) is 3.75. The predicted octanol–water partition coefficient (Wildman–Crippen LogP) is 5.31. The number of nitrogens with zero attached hydrogens (tertiary/aromatic N) is 2. The van der Waals surface area contributed by atoms with E-state index in [1.165, 1.54) is 0 Å². The third-order valence-corrected chi connectivity index (χ3v) is 5.46. The van der Waals surface area contributed by atoms with Crippen LogP contribution in [-0.2, 0) is 27.4 Å². The van der Waals surface area contributed by atoms with Crippen LogP contribution in [0.15, 0.2) is 119 Å². The minimum absolute atomic E-state index is 0.171. The first-order valence-corrected chi connectivity index (χ1v) is 11.1. The smallest absolute Gasteiger partial charge is 0.335 e. The topological polar surface area (TPSA) is 64.3 Å². The average molecular weight is 453 g/mol. The van der Waals surface area contributed by atoms with Gasteiger partial charge in [-0.1, -0.05) is 60.7 Å². The first-order chi connectivity index (χ1) is 16.8. The molecule has 2 atom stereocenters. The maximum atomic E-state index is 13.1. The molecule has 0 fully saturated rings. The van der Waals surface area contributed by atoms with Gasteiger partial charge in [0, 0.05) is 18.0 Å². The normalized spacial score (nSPS) is 18.9. The highest BCUT2D eigenvalue weighted by Crippen LogP contribution is 2.33. The van der Waals surface area contributed by atoms with E-state index in [2.05, 4.69) is 4.99 Å². The Kier molecular flexibility index (Phi) is 6.38. The SMILES string of the molecule is O=C(OCc1ccccc1)C1N=C(c2ccccc2)OC1c1ccc(CN2C=CC=CC=C2)o1. The van der Waals surface area contributed by atoms with Crippen LogP contribution in [0.4, 0.5) is 0 Å². The van der Waals surface area contributed by atoms with Gasteiger partial charge in [0.2, 0.25) is 5.90 Å². The zero-order valence-corrected chi connectivity index (χ0v) is 18.5. The molecule has 0 amide bonds. The van der Waals surface area contributed by atoms with Crippen molar-refractivity contribution in [2.75, 3.05) is 0 Å². The van der Waals surface area contributed by atoms with Gasteiger partial charge in [0.05, 0.1) is 6.54 Å². The third kappa shape index (κ3) is 5.02. The summed E-state index contributed by atoms with van der Waals surface area (Å²) in [5, 5.41) is 0. The molecule has 34 heavy (non-hydrogen) atoms. The molecular weight excluding hydrogens is 428 g/mol. The molecule has 3 aromatic rings. The Hall–Kier alpha value is -4.32. The zero-order valence-electron chi connectivity index (χ0n) is 18.5. The first kappa shape index (κ1) is 21.5. The molecule has 0 saturated heterocycles. The van der Waals surface area contributed by atoms with Gasteiger partial charge in [-0.05, 0) is 42.0 Å². The number of ether oxygens (including phenoxy) is 2. The van der Waals surface area contributed by atoms with Crippen LogP contribution in [0.25, 0.3) is 0 Å². The van der Waals surface area contributed by atoms with Gasteiger partial charge in [-0.2, -0.15) is 0 Å². The number of aliphatic imine (C=N–C) groups is 1. The lowest BCUT2D eigenvalue weighted by Crippen LogP contribution is -2.26. The molecule has 2 unspecified atom stereocenters. The molecule has 6 nitrogen and oxygen atoms in total. The van der Waals surface area contributed by atoms with E-state index in [-0.39, 0.29) is 6.61 Å². The Labute approximate surface area is 198 Å². The molecule has 2 aliphatic heterocycles. The van der Waals surface area contributed by atoms with Crippen LogP contribution in [0.1, 0.15) is 28.8 Å². The maximum Gasteiger partial charge on any atom is 0.335 e. The zero-order chi connectivity index (χ0) is 23.2. The van der Waals surface area contributed by atoms with Crippen LogP contribution >= 0.6 is 0 Å². The van der Waals surface area contributed by atoms with E-state index >= 15 is 0 Å². The monoisotopic (exact) mass is 452 g/mol.